The van der Waals surface area contributed by atoms with Crippen LogP contribution in [-0.2, 0) is 6.42 Å². The van der Waals surface area contributed by atoms with Crippen LogP contribution in [0.4, 0.5) is 5.82 Å². The van der Waals surface area contributed by atoms with Crippen LogP contribution in [0.5, 0.6) is 0 Å². The van der Waals surface area contributed by atoms with Gasteiger partial charge < -0.3 is 5.32 Å². The SMILES string of the molecule is CNc1nc(CCC(C)C)ncc1I. The molecule has 3 nitrogen and oxygen atoms in total. The Balaban J connectivity index is 2.69. The first kappa shape index (κ1) is 11.7. The average molecular weight is 305 g/mol. The lowest BCUT2D eigenvalue weighted by Gasteiger charge is -2.06. The lowest BCUT2D eigenvalue weighted by molar-refractivity contribution is 0.574. The minimum Gasteiger partial charge on any atom is -0.372 e. The van der Waals surface area contributed by atoms with Crippen LogP contribution in [0.25, 0.3) is 0 Å². The molecule has 0 saturated carbocycles. The van der Waals surface area contributed by atoms with Gasteiger partial charge in [0.25, 0.3) is 0 Å². The van der Waals surface area contributed by atoms with Crippen LogP contribution in [0, 0.1) is 9.49 Å². The first-order valence-corrected chi connectivity index (χ1v) is 5.90. The van der Waals surface area contributed by atoms with Crippen molar-refractivity contribution in [3.8, 4) is 0 Å². The summed E-state index contributed by atoms with van der Waals surface area (Å²) in [5.41, 5.74) is 0. The zero-order valence-corrected chi connectivity index (χ0v) is 11.0. The number of hydrogen-bond donors (Lipinski definition) is 1. The fourth-order valence-corrected chi connectivity index (χ4v) is 1.65. The summed E-state index contributed by atoms with van der Waals surface area (Å²) in [7, 11) is 1.89. The van der Waals surface area contributed by atoms with Crippen LogP contribution in [0.2, 0.25) is 0 Å². The number of nitrogens with one attached hydrogen (secondary N) is 1. The molecule has 1 aromatic rings. The molecule has 1 heterocycles. The van der Waals surface area contributed by atoms with Gasteiger partial charge in [0.2, 0.25) is 0 Å². The van der Waals surface area contributed by atoms with E-state index in [-0.39, 0.29) is 0 Å². The molecule has 1 rings (SSSR count). The number of nitrogens with zero attached hydrogens (tertiary/aromatic N) is 2. The van der Waals surface area contributed by atoms with Gasteiger partial charge in [-0.2, -0.15) is 0 Å². The van der Waals surface area contributed by atoms with Crippen molar-refractivity contribution < 1.29 is 0 Å². The molecule has 0 aliphatic carbocycles. The molecule has 0 saturated heterocycles. The molecule has 0 aliphatic heterocycles. The van der Waals surface area contributed by atoms with E-state index in [9.17, 15) is 0 Å². The number of anilines is 1. The zero-order valence-electron chi connectivity index (χ0n) is 8.84. The summed E-state index contributed by atoms with van der Waals surface area (Å²) in [4.78, 5) is 8.73. The summed E-state index contributed by atoms with van der Waals surface area (Å²) < 4.78 is 1.07. The van der Waals surface area contributed by atoms with Crippen LogP contribution in [0.1, 0.15) is 26.1 Å². The molecule has 0 aromatic carbocycles. The molecule has 0 radical (unpaired) electrons. The molecule has 4 heteroatoms. The van der Waals surface area contributed by atoms with E-state index in [4.69, 9.17) is 0 Å². The van der Waals surface area contributed by atoms with Crippen molar-refractivity contribution in [1.82, 2.24) is 9.97 Å². The van der Waals surface area contributed by atoms with E-state index in [1.54, 1.807) is 0 Å². The summed E-state index contributed by atoms with van der Waals surface area (Å²) >= 11 is 2.23. The Morgan fingerprint density at radius 1 is 1.50 bits per heavy atom. The van der Waals surface area contributed by atoms with E-state index in [2.05, 4.69) is 51.7 Å². The smallest absolute Gasteiger partial charge is 0.142 e. The van der Waals surface area contributed by atoms with E-state index in [0.717, 1.165) is 28.1 Å². The van der Waals surface area contributed by atoms with Crippen molar-refractivity contribution in [2.45, 2.75) is 26.7 Å². The van der Waals surface area contributed by atoms with Crippen LogP contribution in [0.3, 0.4) is 0 Å². The van der Waals surface area contributed by atoms with Gasteiger partial charge >= 0.3 is 0 Å². The summed E-state index contributed by atoms with van der Waals surface area (Å²) in [6.45, 7) is 4.43. The first-order chi connectivity index (χ1) is 6.63. The van der Waals surface area contributed by atoms with Crippen molar-refractivity contribution in [2.24, 2.45) is 5.92 Å². The van der Waals surface area contributed by atoms with Crippen LogP contribution in [-0.4, -0.2) is 17.0 Å². The number of hydrogen-bond acceptors (Lipinski definition) is 3. The molecule has 0 unspecified atom stereocenters. The highest BCUT2D eigenvalue weighted by Gasteiger charge is 2.03. The normalized spacial score (nSPS) is 10.6. The molecule has 0 fully saturated rings. The number of aryl methyl sites for hydroxylation is 1. The quantitative estimate of drug-likeness (QED) is 0.869. The minimum atomic E-state index is 0.705. The minimum absolute atomic E-state index is 0.705. The second kappa shape index (κ2) is 5.48. The second-order valence-corrected chi connectivity index (χ2v) is 4.83. The van der Waals surface area contributed by atoms with Gasteiger partial charge in [0.05, 0.1) is 3.57 Å². The van der Waals surface area contributed by atoms with Crippen molar-refractivity contribution >= 4 is 28.4 Å². The summed E-state index contributed by atoms with van der Waals surface area (Å²) in [5.74, 6) is 2.57. The van der Waals surface area contributed by atoms with Gasteiger partial charge in [0.1, 0.15) is 11.6 Å². The standard InChI is InChI=1S/C10H16IN3/c1-7(2)4-5-9-13-6-8(11)10(12-3)14-9/h6-7H,4-5H2,1-3H3,(H,12,13,14). The van der Waals surface area contributed by atoms with Crippen molar-refractivity contribution in [3.63, 3.8) is 0 Å². The molecule has 0 aliphatic rings. The summed E-state index contributed by atoms with van der Waals surface area (Å²) in [6, 6.07) is 0. The number of aromatic nitrogens is 2. The Morgan fingerprint density at radius 2 is 2.21 bits per heavy atom. The molecular formula is C10H16IN3. The fourth-order valence-electron chi connectivity index (χ4n) is 1.12. The Labute approximate surface area is 98.9 Å². The summed E-state index contributed by atoms with van der Waals surface area (Å²) in [6.07, 6.45) is 3.97. The highest BCUT2D eigenvalue weighted by Crippen LogP contribution is 2.14. The number of halogens is 1. The van der Waals surface area contributed by atoms with Crippen LogP contribution < -0.4 is 5.32 Å². The maximum atomic E-state index is 4.43. The van der Waals surface area contributed by atoms with E-state index >= 15 is 0 Å². The highest BCUT2D eigenvalue weighted by molar-refractivity contribution is 14.1. The lowest BCUT2D eigenvalue weighted by atomic mass is 10.1. The van der Waals surface area contributed by atoms with Crippen molar-refractivity contribution in [3.05, 3.63) is 15.6 Å². The van der Waals surface area contributed by atoms with E-state index in [0.29, 0.717) is 5.92 Å². The van der Waals surface area contributed by atoms with Gasteiger partial charge in [-0.05, 0) is 34.9 Å². The first-order valence-electron chi connectivity index (χ1n) is 4.82. The Bertz CT molecular complexity index is 299. The lowest BCUT2D eigenvalue weighted by Crippen LogP contribution is -2.03. The molecular weight excluding hydrogens is 289 g/mol. The van der Waals surface area contributed by atoms with Crippen LogP contribution >= 0.6 is 22.6 Å². The zero-order chi connectivity index (χ0) is 10.6. The topological polar surface area (TPSA) is 37.8 Å². The van der Waals surface area contributed by atoms with Gasteiger partial charge in [0, 0.05) is 19.7 Å². The third-order valence-electron chi connectivity index (χ3n) is 1.98. The molecule has 1 N–H and O–H groups in total. The largest absolute Gasteiger partial charge is 0.372 e. The van der Waals surface area contributed by atoms with Gasteiger partial charge in [-0.3, -0.25) is 0 Å². The van der Waals surface area contributed by atoms with E-state index in [1.807, 2.05) is 13.2 Å². The maximum absolute atomic E-state index is 4.43. The Hall–Kier alpha value is -0.390. The van der Waals surface area contributed by atoms with E-state index < -0.39 is 0 Å². The monoisotopic (exact) mass is 305 g/mol. The highest BCUT2D eigenvalue weighted by atomic mass is 127. The molecule has 14 heavy (non-hydrogen) atoms. The van der Waals surface area contributed by atoms with Gasteiger partial charge in [-0.25, -0.2) is 9.97 Å². The third-order valence-corrected chi connectivity index (χ3v) is 2.77. The summed E-state index contributed by atoms with van der Waals surface area (Å²) in [5, 5.41) is 3.06. The molecule has 0 bridgehead atoms. The van der Waals surface area contributed by atoms with Crippen molar-refractivity contribution in [1.29, 1.82) is 0 Å². The Morgan fingerprint density at radius 3 is 2.79 bits per heavy atom. The van der Waals surface area contributed by atoms with Gasteiger partial charge in [-0.15, -0.1) is 0 Å². The number of rotatable bonds is 4. The molecule has 1 aromatic heterocycles. The third kappa shape index (κ3) is 3.40. The fraction of sp³-hybridized carbons (Fsp3) is 0.600. The molecule has 0 spiro atoms. The van der Waals surface area contributed by atoms with Crippen molar-refractivity contribution in [2.75, 3.05) is 12.4 Å². The molecule has 0 atom stereocenters. The maximum Gasteiger partial charge on any atom is 0.142 e. The van der Waals surface area contributed by atoms with Gasteiger partial charge in [0.15, 0.2) is 0 Å². The van der Waals surface area contributed by atoms with Gasteiger partial charge in [-0.1, -0.05) is 13.8 Å². The van der Waals surface area contributed by atoms with Crippen LogP contribution in [0.15, 0.2) is 6.20 Å². The molecule has 78 valence electrons. The second-order valence-electron chi connectivity index (χ2n) is 3.67. The van der Waals surface area contributed by atoms with E-state index in [1.165, 1.54) is 0 Å². The molecule has 0 amide bonds. The predicted octanol–water partition coefficient (Wildman–Crippen LogP) is 2.71. The predicted molar refractivity (Wildman–Crippen MR) is 67.5 cm³/mol. The Kier molecular flexibility index (Phi) is 4.57. The average Bonchev–Trinajstić information content (AvgIpc) is 2.16.